The third kappa shape index (κ3) is 6.99. The number of thioether (sulfide) groups is 1. The maximum atomic E-state index is 12.5. The topological polar surface area (TPSA) is 77.8 Å². The van der Waals surface area contributed by atoms with Crippen molar-refractivity contribution in [2.45, 2.75) is 51.4 Å². The number of phenols is 1. The lowest BCUT2D eigenvalue weighted by Gasteiger charge is -2.14. The second-order valence-electron chi connectivity index (χ2n) is 6.51. The van der Waals surface area contributed by atoms with Crippen molar-refractivity contribution >= 4 is 46.3 Å². The molecule has 0 radical (unpaired) electrons. The maximum absolute atomic E-state index is 12.5. The van der Waals surface area contributed by atoms with E-state index in [4.69, 9.17) is 17.3 Å². The summed E-state index contributed by atoms with van der Waals surface area (Å²) < 4.78 is 0.565. The fourth-order valence-corrected chi connectivity index (χ4v) is 4.17. The Hall–Kier alpha value is -1.86. The average molecular weight is 408 g/mol. The zero-order valence-corrected chi connectivity index (χ0v) is 16.9. The molecule has 0 aliphatic carbocycles. The summed E-state index contributed by atoms with van der Waals surface area (Å²) in [5, 5.41) is 18.4. The van der Waals surface area contributed by atoms with E-state index in [1.807, 2.05) is 6.07 Å². The van der Waals surface area contributed by atoms with E-state index < -0.39 is 5.97 Å². The first-order valence-electron chi connectivity index (χ1n) is 9.24. The van der Waals surface area contributed by atoms with Crippen LogP contribution in [0.2, 0.25) is 0 Å². The Morgan fingerprint density at radius 1 is 1.07 bits per heavy atom. The van der Waals surface area contributed by atoms with Gasteiger partial charge in [-0.3, -0.25) is 14.5 Å². The molecule has 1 saturated heterocycles. The van der Waals surface area contributed by atoms with Crippen molar-refractivity contribution in [3.05, 3.63) is 34.7 Å². The van der Waals surface area contributed by atoms with Gasteiger partial charge in [0.2, 0.25) is 0 Å². The Labute approximate surface area is 169 Å². The Bertz CT molecular complexity index is 718. The van der Waals surface area contributed by atoms with Crippen LogP contribution in [-0.2, 0) is 9.59 Å². The molecular weight excluding hydrogens is 382 g/mol. The second-order valence-corrected chi connectivity index (χ2v) is 8.19. The van der Waals surface area contributed by atoms with Gasteiger partial charge in [0, 0.05) is 18.5 Å². The molecule has 1 amide bonds. The third-order valence-corrected chi connectivity index (χ3v) is 5.75. The molecule has 1 fully saturated rings. The van der Waals surface area contributed by atoms with Gasteiger partial charge in [0.25, 0.3) is 5.91 Å². The first kappa shape index (κ1) is 21.4. The number of carboxylic acid groups (broad SMARTS) is 1. The number of unbranched alkanes of at least 4 members (excludes halogenated alkanes) is 6. The summed E-state index contributed by atoms with van der Waals surface area (Å²) in [4.78, 5) is 25.2. The van der Waals surface area contributed by atoms with Gasteiger partial charge in [-0.15, -0.1) is 0 Å². The predicted molar refractivity (Wildman–Crippen MR) is 113 cm³/mol. The Balaban J connectivity index is 1.70. The minimum absolute atomic E-state index is 0.0954. The van der Waals surface area contributed by atoms with Gasteiger partial charge in [0.1, 0.15) is 10.1 Å². The van der Waals surface area contributed by atoms with E-state index in [2.05, 4.69) is 0 Å². The summed E-state index contributed by atoms with van der Waals surface area (Å²) in [6.45, 7) is 0.613. The number of thiocarbonyl (C=S) groups is 1. The van der Waals surface area contributed by atoms with Gasteiger partial charge in [-0.1, -0.05) is 74.3 Å². The normalized spacial score (nSPS) is 15.7. The first-order valence-corrected chi connectivity index (χ1v) is 10.5. The van der Waals surface area contributed by atoms with E-state index in [1.165, 1.54) is 11.8 Å². The van der Waals surface area contributed by atoms with Crippen LogP contribution in [0.25, 0.3) is 6.08 Å². The van der Waals surface area contributed by atoms with E-state index in [1.54, 1.807) is 29.2 Å². The number of amides is 1. The van der Waals surface area contributed by atoms with Gasteiger partial charge < -0.3 is 10.2 Å². The minimum atomic E-state index is -0.727. The molecule has 0 aromatic heterocycles. The number of carbonyl (C=O) groups is 2. The van der Waals surface area contributed by atoms with Crippen LogP contribution in [0.1, 0.15) is 56.9 Å². The van der Waals surface area contributed by atoms with Crippen molar-refractivity contribution in [2.24, 2.45) is 0 Å². The molecule has 1 aliphatic heterocycles. The average Bonchev–Trinajstić information content (AvgIpc) is 2.89. The van der Waals surface area contributed by atoms with Crippen molar-refractivity contribution in [2.75, 3.05) is 6.54 Å². The smallest absolute Gasteiger partial charge is 0.303 e. The predicted octanol–water partition coefficient (Wildman–Crippen LogP) is 4.80. The van der Waals surface area contributed by atoms with E-state index in [0.717, 1.165) is 44.9 Å². The molecule has 0 saturated carbocycles. The number of benzene rings is 1. The molecule has 2 N–H and O–H groups in total. The number of para-hydroxylation sites is 1. The van der Waals surface area contributed by atoms with Gasteiger partial charge in [0.15, 0.2) is 0 Å². The van der Waals surface area contributed by atoms with Crippen LogP contribution in [0, 0.1) is 0 Å². The standard InChI is InChI=1S/C20H25NO4S2/c22-16-11-8-7-10-15(16)14-17-19(25)21(20(26)27-17)13-9-5-3-1-2-4-6-12-18(23)24/h7-8,10-11,14,22H,1-6,9,12-13H2,(H,23,24)/b17-14-. The molecule has 1 aliphatic rings. The number of rotatable bonds is 11. The quantitative estimate of drug-likeness (QED) is 0.312. The van der Waals surface area contributed by atoms with Crippen LogP contribution in [-0.4, -0.2) is 37.9 Å². The number of carboxylic acids is 1. The van der Waals surface area contributed by atoms with Crippen molar-refractivity contribution in [3.63, 3.8) is 0 Å². The van der Waals surface area contributed by atoms with Crippen molar-refractivity contribution < 1.29 is 19.8 Å². The van der Waals surface area contributed by atoms with Crippen LogP contribution in [0.15, 0.2) is 29.2 Å². The summed E-state index contributed by atoms with van der Waals surface area (Å²) in [5.41, 5.74) is 0.612. The van der Waals surface area contributed by atoms with Crippen LogP contribution in [0.5, 0.6) is 5.75 Å². The lowest BCUT2D eigenvalue weighted by atomic mass is 10.1. The van der Waals surface area contributed by atoms with E-state index in [-0.39, 0.29) is 18.1 Å². The Kier molecular flexibility index (Phi) is 8.81. The molecule has 0 atom stereocenters. The number of aromatic hydroxyl groups is 1. The molecule has 1 aromatic carbocycles. The maximum Gasteiger partial charge on any atom is 0.303 e. The zero-order valence-electron chi connectivity index (χ0n) is 15.2. The Morgan fingerprint density at radius 2 is 1.70 bits per heavy atom. The molecular formula is C20H25NO4S2. The molecule has 0 unspecified atom stereocenters. The van der Waals surface area contributed by atoms with Crippen molar-refractivity contribution in [1.82, 2.24) is 4.90 Å². The van der Waals surface area contributed by atoms with Gasteiger partial charge >= 0.3 is 5.97 Å². The monoisotopic (exact) mass is 407 g/mol. The molecule has 27 heavy (non-hydrogen) atoms. The largest absolute Gasteiger partial charge is 0.507 e. The summed E-state index contributed by atoms with van der Waals surface area (Å²) in [6, 6.07) is 6.91. The van der Waals surface area contributed by atoms with Gasteiger partial charge in [-0.25, -0.2) is 0 Å². The summed E-state index contributed by atoms with van der Waals surface area (Å²) in [6.07, 6.45) is 8.78. The number of hydrogen-bond acceptors (Lipinski definition) is 5. The van der Waals surface area contributed by atoms with Crippen molar-refractivity contribution in [3.8, 4) is 5.75 Å². The SMILES string of the molecule is O=C(O)CCCCCCCCCN1C(=O)/C(=C/c2ccccc2O)SC1=S. The minimum Gasteiger partial charge on any atom is -0.507 e. The molecule has 0 bridgehead atoms. The number of aliphatic carboxylic acids is 1. The van der Waals surface area contributed by atoms with E-state index >= 15 is 0 Å². The van der Waals surface area contributed by atoms with Crippen LogP contribution < -0.4 is 0 Å². The van der Waals surface area contributed by atoms with E-state index in [0.29, 0.717) is 21.3 Å². The second kappa shape index (κ2) is 11.1. The molecule has 7 heteroatoms. The highest BCUT2D eigenvalue weighted by molar-refractivity contribution is 8.26. The lowest BCUT2D eigenvalue weighted by molar-refractivity contribution is -0.137. The summed E-state index contributed by atoms with van der Waals surface area (Å²) in [7, 11) is 0. The third-order valence-electron chi connectivity index (χ3n) is 4.37. The highest BCUT2D eigenvalue weighted by Gasteiger charge is 2.31. The van der Waals surface area contributed by atoms with E-state index in [9.17, 15) is 14.7 Å². The van der Waals surface area contributed by atoms with Crippen LogP contribution >= 0.6 is 24.0 Å². The first-order chi connectivity index (χ1) is 13.0. The number of nitrogens with zero attached hydrogens (tertiary/aromatic N) is 1. The zero-order chi connectivity index (χ0) is 19.6. The van der Waals surface area contributed by atoms with Crippen LogP contribution in [0.4, 0.5) is 0 Å². The lowest BCUT2D eigenvalue weighted by Crippen LogP contribution is -2.29. The number of carbonyl (C=O) groups excluding carboxylic acids is 1. The molecule has 146 valence electrons. The van der Waals surface area contributed by atoms with Crippen molar-refractivity contribution in [1.29, 1.82) is 0 Å². The van der Waals surface area contributed by atoms with Crippen LogP contribution in [0.3, 0.4) is 0 Å². The molecule has 0 spiro atoms. The molecule has 1 aromatic rings. The Morgan fingerprint density at radius 3 is 2.37 bits per heavy atom. The highest BCUT2D eigenvalue weighted by Crippen LogP contribution is 2.34. The van der Waals surface area contributed by atoms with Gasteiger partial charge in [-0.05, 0) is 25.0 Å². The molecule has 2 rings (SSSR count). The molecule has 5 nitrogen and oxygen atoms in total. The van der Waals surface area contributed by atoms with Gasteiger partial charge in [-0.2, -0.15) is 0 Å². The number of hydrogen-bond donors (Lipinski definition) is 2. The highest BCUT2D eigenvalue weighted by atomic mass is 32.2. The fourth-order valence-electron chi connectivity index (χ4n) is 2.87. The summed E-state index contributed by atoms with van der Waals surface area (Å²) in [5.74, 6) is -0.678. The number of phenolic OH excluding ortho intramolecular Hbond substituents is 1. The molecule has 1 heterocycles. The van der Waals surface area contributed by atoms with Gasteiger partial charge in [0.05, 0.1) is 4.91 Å². The fraction of sp³-hybridized carbons (Fsp3) is 0.450. The summed E-state index contributed by atoms with van der Waals surface area (Å²) >= 11 is 6.60.